The summed E-state index contributed by atoms with van der Waals surface area (Å²) < 4.78 is 26.1. The molecular formula is C16H12ClF2N5. The Morgan fingerprint density at radius 2 is 1.79 bits per heavy atom. The van der Waals surface area contributed by atoms with E-state index in [0.717, 1.165) is 17.7 Å². The molecule has 0 amide bonds. The quantitative estimate of drug-likeness (QED) is 0.725. The van der Waals surface area contributed by atoms with Crippen LogP contribution in [0.1, 0.15) is 5.56 Å². The van der Waals surface area contributed by atoms with Gasteiger partial charge in [-0.15, -0.1) is 5.10 Å². The normalized spacial score (nSPS) is 10.5. The van der Waals surface area contributed by atoms with Gasteiger partial charge in [0.05, 0.1) is 6.20 Å². The Kier molecular flexibility index (Phi) is 4.81. The van der Waals surface area contributed by atoms with E-state index < -0.39 is 11.6 Å². The number of halogens is 3. The van der Waals surface area contributed by atoms with Gasteiger partial charge < -0.3 is 10.6 Å². The van der Waals surface area contributed by atoms with Crippen molar-refractivity contribution in [1.82, 2.24) is 15.2 Å². The average molecular weight is 348 g/mol. The predicted molar refractivity (Wildman–Crippen MR) is 88.2 cm³/mol. The van der Waals surface area contributed by atoms with Crippen molar-refractivity contribution in [3.05, 3.63) is 70.9 Å². The van der Waals surface area contributed by atoms with Crippen LogP contribution in [0.25, 0.3) is 0 Å². The second-order valence-electron chi connectivity index (χ2n) is 4.90. The SMILES string of the molecule is Fc1ccc(Nc2nncc(NCc3ccc(Cl)cc3)n2)cc1F. The molecule has 3 aromatic rings. The smallest absolute Gasteiger partial charge is 0.249 e. The van der Waals surface area contributed by atoms with E-state index in [9.17, 15) is 8.78 Å². The molecule has 8 heteroatoms. The van der Waals surface area contributed by atoms with Gasteiger partial charge in [0.25, 0.3) is 0 Å². The zero-order valence-corrected chi connectivity index (χ0v) is 13.1. The van der Waals surface area contributed by atoms with Crippen LogP contribution in [-0.2, 0) is 6.54 Å². The first kappa shape index (κ1) is 16.1. The van der Waals surface area contributed by atoms with Crippen LogP contribution in [0.15, 0.2) is 48.7 Å². The van der Waals surface area contributed by atoms with Crippen LogP contribution in [0.2, 0.25) is 5.02 Å². The highest BCUT2D eigenvalue weighted by molar-refractivity contribution is 6.30. The Morgan fingerprint density at radius 3 is 2.54 bits per heavy atom. The summed E-state index contributed by atoms with van der Waals surface area (Å²) in [6.45, 7) is 0.528. The number of nitrogens with one attached hydrogen (secondary N) is 2. The van der Waals surface area contributed by atoms with Gasteiger partial charge in [-0.1, -0.05) is 23.7 Å². The third kappa shape index (κ3) is 4.14. The topological polar surface area (TPSA) is 62.7 Å². The largest absolute Gasteiger partial charge is 0.365 e. The summed E-state index contributed by atoms with van der Waals surface area (Å²) in [5.41, 5.74) is 1.35. The molecule has 122 valence electrons. The Bertz CT molecular complexity index is 842. The summed E-state index contributed by atoms with van der Waals surface area (Å²) in [6.07, 6.45) is 1.46. The highest BCUT2D eigenvalue weighted by Gasteiger charge is 2.05. The molecule has 0 fully saturated rings. The fourth-order valence-electron chi connectivity index (χ4n) is 1.94. The van der Waals surface area contributed by atoms with Gasteiger partial charge in [-0.3, -0.25) is 0 Å². The van der Waals surface area contributed by atoms with Crippen molar-refractivity contribution in [3.8, 4) is 0 Å². The molecule has 0 unspecified atom stereocenters. The Morgan fingerprint density at radius 1 is 1.00 bits per heavy atom. The Hall–Kier alpha value is -2.80. The van der Waals surface area contributed by atoms with Gasteiger partial charge in [-0.2, -0.15) is 10.1 Å². The number of nitrogens with zero attached hydrogens (tertiary/aromatic N) is 3. The van der Waals surface area contributed by atoms with Crippen molar-refractivity contribution in [2.75, 3.05) is 10.6 Å². The molecule has 0 aliphatic heterocycles. The minimum absolute atomic E-state index is 0.169. The third-order valence-corrected chi connectivity index (χ3v) is 3.37. The lowest BCUT2D eigenvalue weighted by Gasteiger charge is -2.08. The lowest BCUT2D eigenvalue weighted by atomic mass is 10.2. The summed E-state index contributed by atoms with van der Waals surface area (Å²) >= 11 is 5.84. The minimum atomic E-state index is -0.954. The summed E-state index contributed by atoms with van der Waals surface area (Å²) in [6, 6.07) is 10.8. The molecule has 0 atom stereocenters. The van der Waals surface area contributed by atoms with Crippen molar-refractivity contribution in [2.45, 2.75) is 6.54 Å². The van der Waals surface area contributed by atoms with Crippen molar-refractivity contribution < 1.29 is 8.78 Å². The number of hydrogen-bond acceptors (Lipinski definition) is 5. The molecule has 2 aromatic carbocycles. The van der Waals surface area contributed by atoms with Gasteiger partial charge in [0.15, 0.2) is 17.5 Å². The summed E-state index contributed by atoms with van der Waals surface area (Å²) in [4.78, 5) is 4.21. The monoisotopic (exact) mass is 347 g/mol. The molecule has 0 bridgehead atoms. The molecule has 2 N–H and O–H groups in total. The number of rotatable bonds is 5. The maximum atomic E-state index is 13.2. The van der Waals surface area contributed by atoms with Crippen LogP contribution < -0.4 is 10.6 Å². The van der Waals surface area contributed by atoms with Crippen LogP contribution in [0.3, 0.4) is 0 Å². The lowest BCUT2D eigenvalue weighted by Crippen LogP contribution is -2.05. The van der Waals surface area contributed by atoms with Gasteiger partial charge in [0, 0.05) is 23.3 Å². The van der Waals surface area contributed by atoms with E-state index >= 15 is 0 Å². The minimum Gasteiger partial charge on any atom is -0.365 e. The molecule has 5 nitrogen and oxygen atoms in total. The van der Waals surface area contributed by atoms with Crippen LogP contribution in [0.4, 0.5) is 26.2 Å². The van der Waals surface area contributed by atoms with Crippen molar-refractivity contribution >= 4 is 29.1 Å². The molecule has 0 saturated heterocycles. The Labute approximate surface area is 141 Å². The second-order valence-corrected chi connectivity index (χ2v) is 5.34. The highest BCUT2D eigenvalue weighted by atomic mass is 35.5. The van der Waals surface area contributed by atoms with E-state index in [0.29, 0.717) is 23.1 Å². The molecule has 0 aliphatic rings. The number of benzene rings is 2. The summed E-state index contributed by atoms with van der Waals surface area (Å²) in [5, 5.41) is 14.2. The first-order valence-electron chi connectivity index (χ1n) is 7.00. The summed E-state index contributed by atoms with van der Waals surface area (Å²) in [5.74, 6) is -1.21. The number of anilines is 3. The van der Waals surface area contributed by atoms with Gasteiger partial charge in [-0.05, 0) is 29.8 Å². The van der Waals surface area contributed by atoms with Gasteiger partial charge >= 0.3 is 0 Å². The van der Waals surface area contributed by atoms with Crippen LogP contribution in [0.5, 0.6) is 0 Å². The first-order chi connectivity index (χ1) is 11.6. The van der Waals surface area contributed by atoms with E-state index in [2.05, 4.69) is 25.8 Å². The number of hydrogen-bond donors (Lipinski definition) is 2. The highest BCUT2D eigenvalue weighted by Crippen LogP contribution is 2.17. The van der Waals surface area contributed by atoms with Crippen LogP contribution in [-0.4, -0.2) is 15.2 Å². The molecule has 1 heterocycles. The fraction of sp³-hybridized carbons (Fsp3) is 0.0625. The fourth-order valence-corrected chi connectivity index (χ4v) is 2.07. The van der Waals surface area contributed by atoms with Crippen LogP contribution >= 0.6 is 11.6 Å². The molecule has 1 aromatic heterocycles. The predicted octanol–water partition coefficient (Wildman–Crippen LogP) is 4.16. The molecule has 0 spiro atoms. The third-order valence-electron chi connectivity index (χ3n) is 3.12. The van der Waals surface area contributed by atoms with E-state index in [1.807, 2.05) is 12.1 Å². The molecule has 0 aliphatic carbocycles. The maximum Gasteiger partial charge on any atom is 0.249 e. The summed E-state index contributed by atoms with van der Waals surface area (Å²) in [7, 11) is 0. The lowest BCUT2D eigenvalue weighted by molar-refractivity contribution is 0.509. The van der Waals surface area contributed by atoms with Gasteiger partial charge in [0.1, 0.15) is 0 Å². The molecule has 24 heavy (non-hydrogen) atoms. The van der Waals surface area contributed by atoms with Crippen molar-refractivity contribution in [3.63, 3.8) is 0 Å². The second kappa shape index (κ2) is 7.18. The van der Waals surface area contributed by atoms with Crippen LogP contribution in [0, 0.1) is 11.6 Å². The number of aromatic nitrogens is 3. The molecular weight excluding hydrogens is 336 g/mol. The van der Waals surface area contributed by atoms with E-state index in [-0.39, 0.29) is 5.95 Å². The molecule has 0 radical (unpaired) electrons. The van der Waals surface area contributed by atoms with Gasteiger partial charge in [-0.25, -0.2) is 8.78 Å². The zero-order valence-electron chi connectivity index (χ0n) is 12.3. The van der Waals surface area contributed by atoms with E-state index in [1.165, 1.54) is 12.3 Å². The molecule has 0 saturated carbocycles. The van der Waals surface area contributed by atoms with Gasteiger partial charge in [0.2, 0.25) is 5.95 Å². The first-order valence-corrected chi connectivity index (χ1v) is 7.38. The van der Waals surface area contributed by atoms with Crippen molar-refractivity contribution in [2.24, 2.45) is 0 Å². The molecule has 3 rings (SSSR count). The van der Waals surface area contributed by atoms with E-state index in [4.69, 9.17) is 11.6 Å². The standard InChI is InChI=1S/C16H12ClF2N5/c17-11-3-1-10(2-4-11)8-20-15-9-21-24-16(23-15)22-12-5-6-13(18)14(19)7-12/h1-7,9H,8H2,(H2,20,22,23,24). The van der Waals surface area contributed by atoms with E-state index in [1.54, 1.807) is 12.1 Å². The maximum absolute atomic E-state index is 13.2. The Balaban J connectivity index is 1.67. The zero-order chi connectivity index (χ0) is 16.9. The average Bonchev–Trinajstić information content (AvgIpc) is 2.58. The van der Waals surface area contributed by atoms with Crippen molar-refractivity contribution in [1.29, 1.82) is 0 Å².